The van der Waals surface area contributed by atoms with Crippen LogP contribution in [0.1, 0.15) is 20.7 Å². The fraction of sp³-hybridized carbons (Fsp3) is 0.250. The summed E-state index contributed by atoms with van der Waals surface area (Å²) in [6.07, 6.45) is 0. The maximum atomic E-state index is 12.0. The van der Waals surface area contributed by atoms with Gasteiger partial charge in [-0.15, -0.1) is 11.8 Å². The Hall–Kier alpha value is -1.86. The van der Waals surface area contributed by atoms with Gasteiger partial charge in [0.15, 0.2) is 0 Å². The van der Waals surface area contributed by atoms with Gasteiger partial charge in [0.25, 0.3) is 11.8 Å². The number of nitrogens with zero attached hydrogens (tertiary/aromatic N) is 1. The quantitative estimate of drug-likeness (QED) is 0.756. The number of carbonyl (C=O) groups excluding carboxylic acids is 2. The maximum absolute atomic E-state index is 12.0. The molecule has 0 spiro atoms. The molecule has 3 N–H and O–H groups in total. The number of rotatable bonds is 5. The zero-order chi connectivity index (χ0) is 14.0. The predicted molar refractivity (Wildman–Crippen MR) is 69.9 cm³/mol. The SMILES string of the molecule is N[C@@H](CSCN1C(=O)c2ccccc2C1=O)C(=O)O. The third kappa shape index (κ3) is 2.61. The number of nitrogens with two attached hydrogens (primary N) is 1. The molecule has 19 heavy (non-hydrogen) atoms. The minimum absolute atomic E-state index is 0.104. The molecule has 0 saturated heterocycles. The number of hydrogen-bond donors (Lipinski definition) is 2. The highest BCUT2D eigenvalue weighted by Gasteiger charge is 2.34. The number of amides is 2. The van der Waals surface area contributed by atoms with E-state index in [0.717, 1.165) is 16.7 Å². The van der Waals surface area contributed by atoms with E-state index in [2.05, 4.69) is 0 Å². The molecule has 0 bridgehead atoms. The summed E-state index contributed by atoms with van der Waals surface area (Å²) in [5.41, 5.74) is 6.12. The van der Waals surface area contributed by atoms with Gasteiger partial charge in [0.05, 0.1) is 17.0 Å². The van der Waals surface area contributed by atoms with Crippen molar-refractivity contribution < 1.29 is 19.5 Å². The molecule has 0 unspecified atom stereocenters. The summed E-state index contributed by atoms with van der Waals surface area (Å²) in [5.74, 6) is -1.56. The third-order valence-corrected chi connectivity index (χ3v) is 3.75. The van der Waals surface area contributed by atoms with Crippen molar-refractivity contribution in [1.82, 2.24) is 4.90 Å². The maximum Gasteiger partial charge on any atom is 0.321 e. The summed E-state index contributed by atoms with van der Waals surface area (Å²) in [6.45, 7) is 0. The molecule has 6 nitrogen and oxygen atoms in total. The zero-order valence-electron chi connectivity index (χ0n) is 9.91. The van der Waals surface area contributed by atoms with E-state index in [0.29, 0.717) is 11.1 Å². The van der Waals surface area contributed by atoms with Crippen LogP contribution in [0.2, 0.25) is 0 Å². The lowest BCUT2D eigenvalue weighted by atomic mass is 10.1. The number of imide groups is 1. The molecule has 7 heteroatoms. The Bertz CT molecular complexity index is 511. The average Bonchev–Trinajstić information content (AvgIpc) is 2.64. The fourth-order valence-corrected chi connectivity index (χ4v) is 2.62. The number of carbonyl (C=O) groups is 3. The van der Waals surface area contributed by atoms with Crippen LogP contribution in [0.25, 0.3) is 0 Å². The van der Waals surface area contributed by atoms with E-state index in [4.69, 9.17) is 10.8 Å². The molecule has 1 aromatic carbocycles. The summed E-state index contributed by atoms with van der Waals surface area (Å²) in [5, 5.41) is 8.63. The van der Waals surface area contributed by atoms with Gasteiger partial charge in [0, 0.05) is 5.75 Å². The molecule has 0 radical (unpaired) electrons. The van der Waals surface area contributed by atoms with Gasteiger partial charge in [-0.1, -0.05) is 12.1 Å². The first-order chi connectivity index (χ1) is 9.02. The van der Waals surface area contributed by atoms with E-state index < -0.39 is 12.0 Å². The number of thioether (sulfide) groups is 1. The molecule has 0 aromatic heterocycles. The Balaban J connectivity index is 1.99. The number of fused-ring (bicyclic) bond motifs is 1. The average molecular weight is 280 g/mol. The Morgan fingerprint density at radius 2 is 1.79 bits per heavy atom. The first kappa shape index (κ1) is 13.6. The van der Waals surface area contributed by atoms with Crippen LogP contribution in [0.15, 0.2) is 24.3 Å². The largest absolute Gasteiger partial charge is 0.480 e. The monoisotopic (exact) mass is 280 g/mol. The van der Waals surface area contributed by atoms with Crippen LogP contribution in [0, 0.1) is 0 Å². The van der Waals surface area contributed by atoms with Gasteiger partial charge in [-0.25, -0.2) is 0 Å². The smallest absolute Gasteiger partial charge is 0.321 e. The highest BCUT2D eigenvalue weighted by Crippen LogP contribution is 2.24. The van der Waals surface area contributed by atoms with Gasteiger partial charge in [0.2, 0.25) is 0 Å². The molecule has 100 valence electrons. The summed E-state index contributed by atoms with van der Waals surface area (Å²) in [7, 11) is 0. The normalized spacial score (nSPS) is 15.5. The molecular weight excluding hydrogens is 268 g/mol. The van der Waals surface area contributed by atoms with Gasteiger partial charge >= 0.3 is 5.97 Å². The fourth-order valence-electron chi connectivity index (χ4n) is 1.70. The molecule has 1 aliphatic heterocycles. The van der Waals surface area contributed by atoms with E-state index in [1.165, 1.54) is 0 Å². The molecule has 1 atom stereocenters. The van der Waals surface area contributed by atoms with Crippen molar-refractivity contribution in [3.05, 3.63) is 35.4 Å². The highest BCUT2D eigenvalue weighted by atomic mass is 32.2. The van der Waals surface area contributed by atoms with Gasteiger partial charge < -0.3 is 10.8 Å². The Kier molecular flexibility index (Phi) is 3.87. The summed E-state index contributed by atoms with van der Waals surface area (Å²) in [4.78, 5) is 35.6. The number of aliphatic carboxylic acids is 1. The van der Waals surface area contributed by atoms with Crippen molar-refractivity contribution in [3.8, 4) is 0 Å². The molecule has 0 aliphatic carbocycles. The van der Waals surface area contributed by atoms with Crippen LogP contribution in [0.3, 0.4) is 0 Å². The summed E-state index contributed by atoms with van der Waals surface area (Å²) >= 11 is 1.14. The minimum atomic E-state index is -1.10. The second-order valence-corrected chi connectivity index (χ2v) is 5.03. The molecular formula is C12H12N2O4S. The van der Waals surface area contributed by atoms with E-state index in [9.17, 15) is 14.4 Å². The second kappa shape index (κ2) is 5.41. The molecule has 2 rings (SSSR count). The number of benzene rings is 1. The van der Waals surface area contributed by atoms with Crippen molar-refractivity contribution in [2.45, 2.75) is 6.04 Å². The van der Waals surface area contributed by atoms with Crippen LogP contribution in [0.5, 0.6) is 0 Å². The van der Waals surface area contributed by atoms with Crippen LogP contribution < -0.4 is 5.73 Å². The van der Waals surface area contributed by atoms with Gasteiger partial charge in [-0.3, -0.25) is 19.3 Å². The zero-order valence-corrected chi connectivity index (χ0v) is 10.7. The van der Waals surface area contributed by atoms with E-state index >= 15 is 0 Å². The van der Waals surface area contributed by atoms with Crippen LogP contribution >= 0.6 is 11.8 Å². The first-order valence-electron chi connectivity index (χ1n) is 5.53. The van der Waals surface area contributed by atoms with E-state index in [1.54, 1.807) is 24.3 Å². The molecule has 1 heterocycles. The van der Waals surface area contributed by atoms with E-state index in [-0.39, 0.29) is 23.4 Å². The van der Waals surface area contributed by atoms with Crippen molar-refractivity contribution in [2.24, 2.45) is 5.73 Å². The lowest BCUT2D eigenvalue weighted by molar-refractivity contribution is -0.137. The summed E-state index contributed by atoms with van der Waals surface area (Å²) in [6, 6.07) is 5.59. The van der Waals surface area contributed by atoms with Crippen LogP contribution in [-0.4, -0.2) is 45.5 Å². The lowest BCUT2D eigenvalue weighted by Crippen LogP contribution is -2.34. The summed E-state index contributed by atoms with van der Waals surface area (Å²) < 4.78 is 0. The van der Waals surface area contributed by atoms with Gasteiger partial charge in [-0.2, -0.15) is 0 Å². The molecule has 1 aromatic rings. The lowest BCUT2D eigenvalue weighted by Gasteiger charge is -2.14. The number of carboxylic acid groups (broad SMARTS) is 1. The van der Waals surface area contributed by atoms with Gasteiger partial charge in [-0.05, 0) is 12.1 Å². The van der Waals surface area contributed by atoms with Crippen molar-refractivity contribution in [2.75, 3.05) is 11.6 Å². The highest BCUT2D eigenvalue weighted by molar-refractivity contribution is 7.99. The minimum Gasteiger partial charge on any atom is -0.480 e. The van der Waals surface area contributed by atoms with Gasteiger partial charge in [0.1, 0.15) is 6.04 Å². The Labute approximate surface area is 113 Å². The van der Waals surface area contributed by atoms with Crippen LogP contribution in [0.4, 0.5) is 0 Å². The molecule has 0 fully saturated rings. The second-order valence-electron chi connectivity index (χ2n) is 4.03. The van der Waals surface area contributed by atoms with E-state index in [1.807, 2.05) is 0 Å². The molecule has 0 saturated carbocycles. The topological polar surface area (TPSA) is 101 Å². The predicted octanol–water partition coefficient (Wildman–Crippen LogP) is 0.385. The van der Waals surface area contributed by atoms with Crippen molar-refractivity contribution >= 4 is 29.5 Å². The van der Waals surface area contributed by atoms with Crippen molar-refractivity contribution in [3.63, 3.8) is 0 Å². The Morgan fingerprint density at radius 3 is 2.26 bits per heavy atom. The number of hydrogen-bond acceptors (Lipinski definition) is 5. The standard InChI is InChI=1S/C12H12N2O4S/c13-9(12(17)18)5-19-6-14-10(15)7-3-1-2-4-8(7)11(14)16/h1-4,9H,5-6,13H2,(H,17,18)/t9-/m0/s1. The Morgan fingerprint density at radius 1 is 1.26 bits per heavy atom. The van der Waals surface area contributed by atoms with Crippen LogP contribution in [-0.2, 0) is 4.79 Å². The molecule has 2 amide bonds. The first-order valence-corrected chi connectivity index (χ1v) is 6.69. The van der Waals surface area contributed by atoms with Crippen molar-refractivity contribution in [1.29, 1.82) is 0 Å². The number of carboxylic acids is 1. The molecule has 1 aliphatic rings. The third-order valence-electron chi connectivity index (χ3n) is 2.71.